The number of halogens is 1. The van der Waals surface area contributed by atoms with Crippen LogP contribution in [0.1, 0.15) is 73.0 Å². The Hall–Kier alpha value is -2.41. The minimum Gasteiger partial charge on any atom is -0.469 e. The molecular weight excluding hydrogens is 478 g/mol. The third-order valence-corrected chi connectivity index (χ3v) is 7.01. The molecule has 1 heterocycles. The Bertz CT molecular complexity index is 976. The SMILES string of the molecule is CC[C@H](CNC(=O)c1cccc(C(OCCCC(=O)OC)c2cccc(Cl)c2)c1)CC1CCOCC1. The van der Waals surface area contributed by atoms with Crippen molar-refractivity contribution in [3.63, 3.8) is 0 Å². The summed E-state index contributed by atoms with van der Waals surface area (Å²) in [5, 5.41) is 3.75. The first-order valence-electron chi connectivity index (χ1n) is 12.9. The van der Waals surface area contributed by atoms with Crippen LogP contribution in [0.3, 0.4) is 0 Å². The zero-order chi connectivity index (χ0) is 25.8. The van der Waals surface area contributed by atoms with Gasteiger partial charge in [-0.3, -0.25) is 9.59 Å². The summed E-state index contributed by atoms with van der Waals surface area (Å²) in [5.41, 5.74) is 2.34. The molecule has 3 rings (SSSR count). The number of carbonyl (C=O) groups excluding carboxylic acids is 2. The predicted molar refractivity (Wildman–Crippen MR) is 141 cm³/mol. The normalized spacial score (nSPS) is 15.8. The molecule has 1 aliphatic rings. The highest BCUT2D eigenvalue weighted by Gasteiger charge is 2.20. The molecule has 0 aromatic heterocycles. The van der Waals surface area contributed by atoms with Crippen molar-refractivity contribution in [2.24, 2.45) is 11.8 Å². The Kier molecular flexibility index (Phi) is 11.7. The van der Waals surface area contributed by atoms with Gasteiger partial charge in [0.25, 0.3) is 5.91 Å². The van der Waals surface area contributed by atoms with Crippen molar-refractivity contribution < 1.29 is 23.8 Å². The second-order valence-electron chi connectivity index (χ2n) is 9.39. The molecule has 2 aromatic carbocycles. The van der Waals surface area contributed by atoms with Crippen molar-refractivity contribution in [2.75, 3.05) is 33.5 Å². The number of ether oxygens (including phenoxy) is 3. The van der Waals surface area contributed by atoms with Crippen LogP contribution in [0.15, 0.2) is 48.5 Å². The van der Waals surface area contributed by atoms with Crippen molar-refractivity contribution in [2.45, 2.75) is 51.6 Å². The van der Waals surface area contributed by atoms with E-state index in [2.05, 4.69) is 12.2 Å². The molecule has 6 nitrogen and oxygen atoms in total. The molecule has 7 heteroatoms. The lowest BCUT2D eigenvalue weighted by molar-refractivity contribution is -0.141. The number of hydrogen-bond donors (Lipinski definition) is 1. The maximum Gasteiger partial charge on any atom is 0.305 e. The third-order valence-electron chi connectivity index (χ3n) is 6.78. The third kappa shape index (κ3) is 8.91. The standard InChI is InChI=1S/C29H38ClNO5/c1-3-21(17-22-12-15-35-16-13-22)20-31-29(33)25-9-4-7-23(18-25)28(24-8-5-10-26(30)19-24)36-14-6-11-27(32)34-2/h4-5,7-10,18-19,21-22,28H,3,6,11-17,20H2,1-2H3,(H,31,33)/t21-,28?/m0/s1. The van der Waals surface area contributed by atoms with Gasteiger partial charge in [-0.15, -0.1) is 0 Å². The summed E-state index contributed by atoms with van der Waals surface area (Å²) in [6.07, 6.45) is 4.78. The Morgan fingerprint density at radius 2 is 1.83 bits per heavy atom. The Morgan fingerprint density at radius 3 is 2.53 bits per heavy atom. The second-order valence-corrected chi connectivity index (χ2v) is 9.82. The van der Waals surface area contributed by atoms with Gasteiger partial charge in [0.2, 0.25) is 0 Å². The molecular formula is C29H38ClNO5. The number of methoxy groups -OCH3 is 1. The zero-order valence-electron chi connectivity index (χ0n) is 21.3. The first kappa shape index (κ1) is 28.2. The molecule has 1 N–H and O–H groups in total. The van der Waals surface area contributed by atoms with Crippen molar-refractivity contribution in [3.8, 4) is 0 Å². The average Bonchev–Trinajstić information content (AvgIpc) is 2.91. The van der Waals surface area contributed by atoms with Gasteiger partial charge < -0.3 is 19.5 Å². The summed E-state index contributed by atoms with van der Waals surface area (Å²) in [6, 6.07) is 15.0. The first-order valence-corrected chi connectivity index (χ1v) is 13.3. The van der Waals surface area contributed by atoms with E-state index in [1.54, 1.807) is 0 Å². The van der Waals surface area contributed by atoms with Crippen LogP contribution in [0, 0.1) is 11.8 Å². The summed E-state index contributed by atoms with van der Waals surface area (Å²) in [5.74, 6) is 0.785. The highest BCUT2D eigenvalue weighted by Crippen LogP contribution is 2.29. The van der Waals surface area contributed by atoms with Crippen molar-refractivity contribution in [1.82, 2.24) is 5.32 Å². The van der Waals surface area contributed by atoms with E-state index in [1.165, 1.54) is 7.11 Å². The second kappa shape index (κ2) is 15.0. The van der Waals surface area contributed by atoms with Gasteiger partial charge in [-0.1, -0.05) is 49.2 Å². The molecule has 2 aromatic rings. The van der Waals surface area contributed by atoms with E-state index < -0.39 is 6.10 Å². The fourth-order valence-electron chi connectivity index (χ4n) is 4.60. The quantitative estimate of drug-likeness (QED) is 0.263. The van der Waals surface area contributed by atoms with E-state index in [4.69, 9.17) is 25.8 Å². The van der Waals surface area contributed by atoms with Crippen molar-refractivity contribution in [1.29, 1.82) is 0 Å². The molecule has 196 valence electrons. The maximum atomic E-state index is 13.0. The van der Waals surface area contributed by atoms with Crippen molar-refractivity contribution in [3.05, 3.63) is 70.2 Å². The Balaban J connectivity index is 1.66. The molecule has 0 bridgehead atoms. The first-order chi connectivity index (χ1) is 17.5. The summed E-state index contributed by atoms with van der Waals surface area (Å²) in [6.45, 7) is 4.91. The highest BCUT2D eigenvalue weighted by molar-refractivity contribution is 6.30. The number of carbonyl (C=O) groups is 2. The molecule has 0 saturated carbocycles. The van der Waals surface area contributed by atoms with Gasteiger partial charge in [0.05, 0.1) is 7.11 Å². The lowest BCUT2D eigenvalue weighted by atomic mass is 9.87. The van der Waals surface area contributed by atoms with E-state index in [0.717, 1.165) is 50.0 Å². The molecule has 1 unspecified atom stereocenters. The van der Waals surface area contributed by atoms with Gasteiger partial charge in [0.1, 0.15) is 6.10 Å². The van der Waals surface area contributed by atoms with Crippen LogP contribution in [0.25, 0.3) is 0 Å². The molecule has 0 aliphatic carbocycles. The van der Waals surface area contributed by atoms with E-state index in [9.17, 15) is 9.59 Å². The van der Waals surface area contributed by atoms with Gasteiger partial charge in [-0.05, 0) is 72.9 Å². The smallest absolute Gasteiger partial charge is 0.305 e. The average molecular weight is 516 g/mol. The summed E-state index contributed by atoms with van der Waals surface area (Å²) in [4.78, 5) is 24.5. The van der Waals surface area contributed by atoms with E-state index in [1.807, 2.05) is 48.5 Å². The van der Waals surface area contributed by atoms with Gasteiger partial charge in [-0.2, -0.15) is 0 Å². The number of nitrogens with one attached hydrogen (secondary N) is 1. The Labute approximate surface area is 219 Å². The fraction of sp³-hybridized carbons (Fsp3) is 0.517. The van der Waals surface area contributed by atoms with Gasteiger partial charge in [-0.25, -0.2) is 0 Å². The van der Waals surface area contributed by atoms with Gasteiger partial charge in [0.15, 0.2) is 0 Å². The van der Waals surface area contributed by atoms with E-state index in [-0.39, 0.29) is 18.3 Å². The molecule has 1 saturated heterocycles. The van der Waals surface area contributed by atoms with Crippen LogP contribution in [0.4, 0.5) is 0 Å². The number of hydrogen-bond acceptors (Lipinski definition) is 5. The van der Waals surface area contributed by atoms with Crippen LogP contribution in [0.2, 0.25) is 5.02 Å². The molecule has 1 amide bonds. The van der Waals surface area contributed by atoms with E-state index in [0.29, 0.717) is 42.0 Å². The van der Waals surface area contributed by atoms with Crippen LogP contribution in [0.5, 0.6) is 0 Å². The van der Waals surface area contributed by atoms with Crippen LogP contribution >= 0.6 is 11.6 Å². The summed E-state index contributed by atoms with van der Waals surface area (Å²) in [7, 11) is 1.38. The number of esters is 1. The zero-order valence-corrected chi connectivity index (χ0v) is 22.1. The van der Waals surface area contributed by atoms with Crippen LogP contribution < -0.4 is 5.32 Å². The number of rotatable bonds is 13. The lowest BCUT2D eigenvalue weighted by Gasteiger charge is -2.26. The highest BCUT2D eigenvalue weighted by atomic mass is 35.5. The largest absolute Gasteiger partial charge is 0.469 e. The van der Waals surface area contributed by atoms with Crippen LogP contribution in [-0.2, 0) is 19.0 Å². The van der Waals surface area contributed by atoms with Crippen molar-refractivity contribution >= 4 is 23.5 Å². The summed E-state index contributed by atoms with van der Waals surface area (Å²) < 4.78 is 16.4. The molecule has 2 atom stereocenters. The van der Waals surface area contributed by atoms with Crippen LogP contribution in [-0.4, -0.2) is 45.4 Å². The monoisotopic (exact) mass is 515 g/mol. The van der Waals surface area contributed by atoms with E-state index >= 15 is 0 Å². The molecule has 36 heavy (non-hydrogen) atoms. The lowest BCUT2D eigenvalue weighted by Crippen LogP contribution is -2.31. The predicted octanol–water partition coefficient (Wildman–Crippen LogP) is 5.97. The van der Waals surface area contributed by atoms with Gasteiger partial charge >= 0.3 is 5.97 Å². The molecule has 1 aliphatic heterocycles. The topological polar surface area (TPSA) is 73.9 Å². The number of amides is 1. The molecule has 1 fully saturated rings. The maximum absolute atomic E-state index is 13.0. The molecule has 0 spiro atoms. The minimum atomic E-state index is -0.411. The Morgan fingerprint density at radius 1 is 1.11 bits per heavy atom. The molecule has 0 radical (unpaired) electrons. The number of benzene rings is 2. The van der Waals surface area contributed by atoms with Gasteiger partial charge in [0, 0.05) is 43.4 Å². The minimum absolute atomic E-state index is 0.0854. The summed E-state index contributed by atoms with van der Waals surface area (Å²) >= 11 is 6.25. The fourth-order valence-corrected chi connectivity index (χ4v) is 4.80.